The molecule has 0 saturated carbocycles. The maximum atomic E-state index is 13.4. The highest BCUT2D eigenvalue weighted by Crippen LogP contribution is 2.12. The van der Waals surface area contributed by atoms with Crippen LogP contribution in [0.3, 0.4) is 0 Å². The third-order valence-electron chi connectivity index (χ3n) is 2.78. The van der Waals surface area contributed by atoms with Gasteiger partial charge in [0, 0.05) is 42.5 Å². The standard InChI is InChI=1S/C13H11F2N3S/c14-10-2-1-9(12(15)5-10)6-16-7-11-8-18-3-4-19-13(18)17-11/h1-5,8,16H,6-7H2. The van der Waals surface area contributed by atoms with Gasteiger partial charge in [-0.15, -0.1) is 11.3 Å². The molecule has 6 heteroatoms. The quantitative estimate of drug-likeness (QED) is 0.795. The Hall–Kier alpha value is -1.79. The fraction of sp³-hybridized carbons (Fsp3) is 0.154. The van der Waals surface area contributed by atoms with Crippen molar-refractivity contribution in [3.8, 4) is 0 Å². The summed E-state index contributed by atoms with van der Waals surface area (Å²) in [5.41, 5.74) is 1.34. The molecule has 0 saturated heterocycles. The SMILES string of the molecule is Fc1ccc(CNCc2cn3ccsc3n2)c(F)c1. The van der Waals surface area contributed by atoms with E-state index in [4.69, 9.17) is 0 Å². The number of hydrogen-bond acceptors (Lipinski definition) is 3. The van der Waals surface area contributed by atoms with Crippen molar-refractivity contribution in [3.05, 3.63) is 58.9 Å². The Morgan fingerprint density at radius 3 is 2.95 bits per heavy atom. The lowest BCUT2D eigenvalue weighted by atomic mass is 10.2. The molecule has 0 unspecified atom stereocenters. The Kier molecular flexibility index (Phi) is 3.27. The van der Waals surface area contributed by atoms with Gasteiger partial charge in [-0.05, 0) is 6.07 Å². The van der Waals surface area contributed by atoms with Gasteiger partial charge in [0.15, 0.2) is 4.96 Å². The monoisotopic (exact) mass is 279 g/mol. The van der Waals surface area contributed by atoms with E-state index in [1.165, 1.54) is 12.1 Å². The van der Waals surface area contributed by atoms with Crippen LogP contribution in [0.5, 0.6) is 0 Å². The Bertz CT molecular complexity index is 676. The first-order valence-corrected chi connectivity index (χ1v) is 6.66. The van der Waals surface area contributed by atoms with Crippen LogP contribution in [0.15, 0.2) is 36.0 Å². The van der Waals surface area contributed by atoms with Crippen LogP contribution in [0.2, 0.25) is 0 Å². The normalized spacial score (nSPS) is 11.3. The molecule has 0 radical (unpaired) electrons. The number of nitrogens with one attached hydrogen (secondary N) is 1. The highest BCUT2D eigenvalue weighted by Gasteiger charge is 2.05. The van der Waals surface area contributed by atoms with Crippen LogP contribution in [0.4, 0.5) is 8.78 Å². The van der Waals surface area contributed by atoms with Gasteiger partial charge in [0.2, 0.25) is 0 Å². The number of fused-ring (bicyclic) bond motifs is 1. The van der Waals surface area contributed by atoms with Gasteiger partial charge in [-0.2, -0.15) is 0 Å². The van der Waals surface area contributed by atoms with Crippen LogP contribution in [-0.4, -0.2) is 9.38 Å². The molecule has 19 heavy (non-hydrogen) atoms. The molecule has 2 heterocycles. The van der Waals surface area contributed by atoms with Crippen molar-refractivity contribution in [1.29, 1.82) is 0 Å². The van der Waals surface area contributed by atoms with E-state index in [0.717, 1.165) is 16.7 Å². The maximum absolute atomic E-state index is 13.4. The zero-order valence-corrected chi connectivity index (χ0v) is 10.8. The Morgan fingerprint density at radius 2 is 2.16 bits per heavy atom. The number of thiazole rings is 1. The number of rotatable bonds is 4. The zero-order chi connectivity index (χ0) is 13.2. The van der Waals surface area contributed by atoms with Crippen molar-refractivity contribution in [2.45, 2.75) is 13.1 Å². The van der Waals surface area contributed by atoms with Crippen LogP contribution >= 0.6 is 11.3 Å². The average molecular weight is 279 g/mol. The number of imidazole rings is 1. The fourth-order valence-electron chi connectivity index (χ4n) is 1.85. The summed E-state index contributed by atoms with van der Waals surface area (Å²) in [6.45, 7) is 0.891. The maximum Gasteiger partial charge on any atom is 0.193 e. The summed E-state index contributed by atoms with van der Waals surface area (Å²) in [7, 11) is 0. The van der Waals surface area contributed by atoms with E-state index in [1.54, 1.807) is 11.3 Å². The number of aromatic nitrogens is 2. The van der Waals surface area contributed by atoms with E-state index in [0.29, 0.717) is 18.7 Å². The molecule has 0 bridgehead atoms. The van der Waals surface area contributed by atoms with E-state index >= 15 is 0 Å². The van der Waals surface area contributed by atoms with E-state index in [2.05, 4.69) is 10.3 Å². The van der Waals surface area contributed by atoms with Crippen LogP contribution in [0, 0.1) is 11.6 Å². The molecule has 0 aliphatic heterocycles. The molecule has 3 nitrogen and oxygen atoms in total. The van der Waals surface area contributed by atoms with Gasteiger partial charge < -0.3 is 5.32 Å². The first-order chi connectivity index (χ1) is 9.22. The molecular weight excluding hydrogens is 268 g/mol. The lowest BCUT2D eigenvalue weighted by molar-refractivity contribution is 0.559. The summed E-state index contributed by atoms with van der Waals surface area (Å²) >= 11 is 1.56. The second kappa shape index (κ2) is 5.07. The minimum atomic E-state index is -0.560. The molecule has 3 rings (SSSR count). The van der Waals surface area contributed by atoms with Gasteiger partial charge in [-0.25, -0.2) is 13.8 Å². The summed E-state index contributed by atoms with van der Waals surface area (Å²) in [5.74, 6) is -1.09. The minimum absolute atomic E-state index is 0.345. The summed E-state index contributed by atoms with van der Waals surface area (Å²) in [6.07, 6.45) is 3.87. The van der Waals surface area contributed by atoms with Gasteiger partial charge in [-0.3, -0.25) is 4.40 Å². The van der Waals surface area contributed by atoms with Crippen LogP contribution < -0.4 is 5.32 Å². The fourth-order valence-corrected chi connectivity index (χ4v) is 2.57. The molecule has 3 aromatic rings. The van der Waals surface area contributed by atoms with E-state index < -0.39 is 11.6 Å². The number of halogens is 2. The van der Waals surface area contributed by atoms with E-state index in [1.807, 2.05) is 22.2 Å². The highest BCUT2D eigenvalue weighted by atomic mass is 32.1. The third kappa shape index (κ3) is 2.64. The number of nitrogens with zero attached hydrogens (tertiary/aromatic N) is 2. The molecule has 1 N–H and O–H groups in total. The van der Waals surface area contributed by atoms with Crippen molar-refractivity contribution in [1.82, 2.24) is 14.7 Å². The van der Waals surface area contributed by atoms with Crippen LogP contribution in [-0.2, 0) is 13.1 Å². The summed E-state index contributed by atoms with van der Waals surface area (Å²) in [5, 5.41) is 5.06. The lowest BCUT2D eigenvalue weighted by Crippen LogP contribution is -2.14. The minimum Gasteiger partial charge on any atom is -0.307 e. The summed E-state index contributed by atoms with van der Waals surface area (Å²) < 4.78 is 28.1. The van der Waals surface area contributed by atoms with Crippen molar-refractivity contribution < 1.29 is 8.78 Å². The molecule has 0 aliphatic rings. The van der Waals surface area contributed by atoms with Crippen LogP contribution in [0.1, 0.15) is 11.3 Å². The first kappa shape index (κ1) is 12.3. The molecule has 1 aromatic carbocycles. The largest absolute Gasteiger partial charge is 0.307 e. The van der Waals surface area contributed by atoms with Crippen molar-refractivity contribution in [2.75, 3.05) is 0 Å². The Morgan fingerprint density at radius 1 is 1.26 bits per heavy atom. The average Bonchev–Trinajstić information content (AvgIpc) is 2.92. The third-order valence-corrected chi connectivity index (χ3v) is 3.55. The van der Waals surface area contributed by atoms with Gasteiger partial charge in [0.05, 0.1) is 5.69 Å². The summed E-state index contributed by atoms with van der Waals surface area (Å²) in [6, 6.07) is 3.60. The molecule has 0 amide bonds. The second-order valence-corrected chi connectivity index (χ2v) is 5.04. The van der Waals surface area contributed by atoms with Gasteiger partial charge >= 0.3 is 0 Å². The second-order valence-electron chi connectivity index (χ2n) is 4.16. The van der Waals surface area contributed by atoms with Crippen molar-refractivity contribution >= 4 is 16.3 Å². The lowest BCUT2D eigenvalue weighted by Gasteiger charge is -2.04. The Balaban J connectivity index is 1.62. The van der Waals surface area contributed by atoms with Gasteiger partial charge in [0.1, 0.15) is 11.6 Å². The predicted molar refractivity (Wildman–Crippen MR) is 70.0 cm³/mol. The molecule has 0 aliphatic carbocycles. The molecule has 2 aromatic heterocycles. The number of hydrogen-bond donors (Lipinski definition) is 1. The smallest absolute Gasteiger partial charge is 0.193 e. The molecule has 98 valence electrons. The number of benzene rings is 1. The van der Waals surface area contributed by atoms with Gasteiger partial charge in [0.25, 0.3) is 0 Å². The molecule has 0 fully saturated rings. The van der Waals surface area contributed by atoms with Crippen molar-refractivity contribution in [3.63, 3.8) is 0 Å². The summed E-state index contributed by atoms with van der Waals surface area (Å²) in [4.78, 5) is 5.34. The predicted octanol–water partition coefficient (Wildman–Crippen LogP) is 2.96. The molecule has 0 atom stereocenters. The van der Waals surface area contributed by atoms with E-state index in [-0.39, 0.29) is 0 Å². The van der Waals surface area contributed by atoms with Crippen molar-refractivity contribution in [2.24, 2.45) is 0 Å². The molecule has 0 spiro atoms. The first-order valence-electron chi connectivity index (χ1n) is 5.78. The zero-order valence-electron chi connectivity index (χ0n) is 9.94. The topological polar surface area (TPSA) is 29.3 Å². The molecular formula is C13H11F2N3S. The highest BCUT2D eigenvalue weighted by molar-refractivity contribution is 7.15. The van der Waals surface area contributed by atoms with E-state index in [9.17, 15) is 8.78 Å². The Labute approximate surface area is 112 Å². The van der Waals surface area contributed by atoms with Gasteiger partial charge in [-0.1, -0.05) is 6.07 Å². The van der Waals surface area contributed by atoms with Crippen LogP contribution in [0.25, 0.3) is 4.96 Å².